The number of halogens is 1. The molecule has 2 N–H and O–H groups in total. The average Bonchev–Trinajstić information content (AvgIpc) is 2.85. The second-order valence-corrected chi connectivity index (χ2v) is 6.37. The second kappa shape index (κ2) is 6.71. The normalized spacial score (nSPS) is 9.75. The third-order valence-corrected chi connectivity index (χ3v) is 4.12. The molecule has 0 aliphatic rings. The summed E-state index contributed by atoms with van der Waals surface area (Å²) in [4.78, 5) is 12.0. The molecule has 1 aromatic heterocycles. The van der Waals surface area contributed by atoms with Gasteiger partial charge in [-0.15, -0.1) is 11.3 Å². The summed E-state index contributed by atoms with van der Waals surface area (Å²) in [5, 5.41) is 13.3. The van der Waals surface area contributed by atoms with E-state index in [0.717, 1.165) is 20.6 Å². The minimum Gasteiger partial charge on any atom is -0.384 e. The molecule has 0 fully saturated rings. The van der Waals surface area contributed by atoms with Gasteiger partial charge in [0, 0.05) is 16.6 Å². The molecule has 5 heteroatoms. The quantitative estimate of drug-likeness (QED) is 0.816. The van der Waals surface area contributed by atoms with Crippen LogP contribution in [0.3, 0.4) is 0 Å². The number of aliphatic hydroxyl groups excluding tert-OH is 1. The lowest BCUT2D eigenvalue weighted by Gasteiger charge is -2.06. The van der Waals surface area contributed by atoms with E-state index >= 15 is 0 Å². The molecule has 0 spiro atoms. The SMILES string of the molecule is Cc1cc(NC(=O)c2csc(Br)c2)ccc1C#CCO. The molecule has 0 radical (unpaired) electrons. The van der Waals surface area contributed by atoms with Crippen molar-refractivity contribution in [1.82, 2.24) is 0 Å². The molecular weight excluding hydrogens is 338 g/mol. The van der Waals surface area contributed by atoms with Crippen LogP contribution in [0, 0.1) is 18.8 Å². The lowest BCUT2D eigenvalue weighted by atomic mass is 10.1. The number of carbonyl (C=O) groups excluding carboxylic acids is 1. The first-order chi connectivity index (χ1) is 9.60. The number of amides is 1. The summed E-state index contributed by atoms with van der Waals surface area (Å²) in [5.74, 6) is 5.33. The summed E-state index contributed by atoms with van der Waals surface area (Å²) >= 11 is 4.81. The maximum absolute atomic E-state index is 12.0. The Labute approximate surface area is 129 Å². The molecule has 1 heterocycles. The highest BCUT2D eigenvalue weighted by molar-refractivity contribution is 9.11. The number of aliphatic hydroxyl groups is 1. The van der Waals surface area contributed by atoms with E-state index in [1.165, 1.54) is 11.3 Å². The molecule has 0 aliphatic carbocycles. The fourth-order valence-corrected chi connectivity index (χ4v) is 2.79. The summed E-state index contributed by atoms with van der Waals surface area (Å²) in [7, 11) is 0. The van der Waals surface area contributed by atoms with Gasteiger partial charge in [0.25, 0.3) is 5.91 Å². The molecule has 3 nitrogen and oxygen atoms in total. The molecule has 1 amide bonds. The Bertz CT molecular complexity index is 697. The minimum absolute atomic E-state index is 0.138. The van der Waals surface area contributed by atoms with Crippen molar-refractivity contribution in [2.75, 3.05) is 11.9 Å². The van der Waals surface area contributed by atoms with E-state index in [0.29, 0.717) is 5.56 Å². The predicted molar refractivity (Wildman–Crippen MR) is 85.1 cm³/mol. The summed E-state index contributed by atoms with van der Waals surface area (Å²) < 4.78 is 0.924. The van der Waals surface area contributed by atoms with Crippen LogP contribution in [0.2, 0.25) is 0 Å². The summed E-state index contributed by atoms with van der Waals surface area (Å²) in [6.45, 7) is 1.75. The van der Waals surface area contributed by atoms with Crippen molar-refractivity contribution < 1.29 is 9.90 Å². The van der Waals surface area contributed by atoms with Gasteiger partial charge in [-0.2, -0.15) is 0 Å². The molecule has 102 valence electrons. The Morgan fingerprint density at radius 1 is 1.45 bits per heavy atom. The van der Waals surface area contributed by atoms with Crippen molar-refractivity contribution in [3.63, 3.8) is 0 Å². The summed E-state index contributed by atoms with van der Waals surface area (Å²) in [6, 6.07) is 7.28. The molecule has 1 aromatic carbocycles. The minimum atomic E-state index is -0.162. The highest BCUT2D eigenvalue weighted by Gasteiger charge is 2.08. The third-order valence-electron chi connectivity index (χ3n) is 2.62. The van der Waals surface area contributed by atoms with Crippen molar-refractivity contribution >= 4 is 38.9 Å². The van der Waals surface area contributed by atoms with Gasteiger partial charge in [-0.1, -0.05) is 11.8 Å². The van der Waals surface area contributed by atoms with Crippen molar-refractivity contribution in [3.8, 4) is 11.8 Å². The monoisotopic (exact) mass is 349 g/mol. The number of thiophene rings is 1. The molecular formula is C15H12BrNO2S. The largest absolute Gasteiger partial charge is 0.384 e. The molecule has 0 atom stereocenters. The smallest absolute Gasteiger partial charge is 0.256 e. The molecule has 0 saturated carbocycles. The molecule has 2 rings (SSSR count). The third kappa shape index (κ3) is 3.70. The first kappa shape index (κ1) is 14.8. The Morgan fingerprint density at radius 3 is 2.85 bits per heavy atom. The number of nitrogens with one attached hydrogen (secondary N) is 1. The van der Waals surface area contributed by atoms with Crippen LogP contribution in [0.15, 0.2) is 33.4 Å². The van der Waals surface area contributed by atoms with Gasteiger partial charge >= 0.3 is 0 Å². The van der Waals surface area contributed by atoms with E-state index in [2.05, 4.69) is 33.1 Å². The first-order valence-electron chi connectivity index (χ1n) is 5.86. The topological polar surface area (TPSA) is 49.3 Å². The fraction of sp³-hybridized carbons (Fsp3) is 0.133. The van der Waals surface area contributed by atoms with Gasteiger partial charge in [-0.3, -0.25) is 4.79 Å². The van der Waals surface area contributed by atoms with Gasteiger partial charge in [-0.25, -0.2) is 0 Å². The number of rotatable bonds is 2. The Hall–Kier alpha value is -1.61. The van der Waals surface area contributed by atoms with E-state index in [1.54, 1.807) is 17.5 Å². The Morgan fingerprint density at radius 2 is 2.25 bits per heavy atom. The van der Waals surface area contributed by atoms with Crippen LogP contribution in [-0.4, -0.2) is 17.6 Å². The first-order valence-corrected chi connectivity index (χ1v) is 7.53. The van der Waals surface area contributed by atoms with Crippen LogP contribution >= 0.6 is 27.3 Å². The summed E-state index contributed by atoms with van der Waals surface area (Å²) in [6.07, 6.45) is 0. The highest BCUT2D eigenvalue weighted by atomic mass is 79.9. The number of hydrogen-bond donors (Lipinski definition) is 2. The van der Waals surface area contributed by atoms with E-state index in [4.69, 9.17) is 5.11 Å². The summed E-state index contributed by atoms with van der Waals surface area (Å²) in [5.41, 5.74) is 3.15. The van der Waals surface area contributed by atoms with Crippen LogP contribution in [-0.2, 0) is 0 Å². The van der Waals surface area contributed by atoms with Crippen LogP contribution in [0.25, 0.3) is 0 Å². The second-order valence-electron chi connectivity index (χ2n) is 4.08. The number of anilines is 1. The Kier molecular flexibility index (Phi) is 4.96. The van der Waals surface area contributed by atoms with Crippen molar-refractivity contribution in [3.05, 3.63) is 50.1 Å². The van der Waals surface area contributed by atoms with Crippen molar-refractivity contribution in [1.29, 1.82) is 0 Å². The van der Waals surface area contributed by atoms with Gasteiger partial charge in [0.05, 0.1) is 9.35 Å². The van der Waals surface area contributed by atoms with Gasteiger partial charge in [0.1, 0.15) is 6.61 Å². The molecule has 2 aromatic rings. The molecule has 0 bridgehead atoms. The van der Waals surface area contributed by atoms with Gasteiger partial charge in [0.2, 0.25) is 0 Å². The number of carbonyl (C=O) groups is 1. The highest BCUT2D eigenvalue weighted by Crippen LogP contribution is 2.22. The van der Waals surface area contributed by atoms with E-state index in [1.807, 2.05) is 19.1 Å². The van der Waals surface area contributed by atoms with Crippen LogP contribution in [0.4, 0.5) is 5.69 Å². The zero-order valence-corrected chi connectivity index (χ0v) is 13.1. The van der Waals surface area contributed by atoms with Crippen LogP contribution < -0.4 is 5.32 Å². The zero-order valence-electron chi connectivity index (χ0n) is 10.7. The average molecular weight is 350 g/mol. The standard InChI is InChI=1S/C15H12BrNO2S/c1-10-7-13(5-4-11(10)3-2-6-18)17-15(19)12-8-14(16)20-9-12/h4-5,7-9,18H,6H2,1H3,(H,17,19). The maximum atomic E-state index is 12.0. The number of benzene rings is 1. The fourth-order valence-electron chi connectivity index (χ4n) is 1.65. The van der Waals surface area contributed by atoms with Crippen molar-refractivity contribution in [2.45, 2.75) is 6.92 Å². The van der Waals surface area contributed by atoms with Gasteiger partial charge in [0.15, 0.2) is 0 Å². The molecule has 0 saturated heterocycles. The van der Waals surface area contributed by atoms with Crippen LogP contribution in [0.1, 0.15) is 21.5 Å². The number of hydrogen-bond acceptors (Lipinski definition) is 3. The van der Waals surface area contributed by atoms with E-state index in [9.17, 15) is 4.79 Å². The van der Waals surface area contributed by atoms with Crippen LogP contribution in [0.5, 0.6) is 0 Å². The van der Waals surface area contributed by atoms with Gasteiger partial charge < -0.3 is 10.4 Å². The molecule has 20 heavy (non-hydrogen) atoms. The van der Waals surface area contributed by atoms with E-state index < -0.39 is 0 Å². The lowest BCUT2D eigenvalue weighted by Crippen LogP contribution is -2.10. The molecule has 0 aliphatic heterocycles. The number of aryl methyl sites for hydroxylation is 1. The van der Waals surface area contributed by atoms with Gasteiger partial charge in [-0.05, 0) is 52.7 Å². The lowest BCUT2D eigenvalue weighted by molar-refractivity contribution is 0.102. The van der Waals surface area contributed by atoms with E-state index in [-0.39, 0.29) is 12.5 Å². The van der Waals surface area contributed by atoms with Crippen molar-refractivity contribution in [2.24, 2.45) is 0 Å². The Balaban J connectivity index is 2.14. The zero-order chi connectivity index (χ0) is 14.5. The molecule has 0 unspecified atom stereocenters. The predicted octanol–water partition coefficient (Wildman–Crippen LogP) is 3.42. The maximum Gasteiger partial charge on any atom is 0.256 e.